The average Bonchev–Trinajstić information content (AvgIpc) is 2.74. The van der Waals surface area contributed by atoms with Crippen LogP contribution in [-0.2, 0) is 0 Å². The Hall–Kier alpha value is -1.13. The fourth-order valence-electron chi connectivity index (χ4n) is 2.78. The zero-order chi connectivity index (χ0) is 10.5. The highest BCUT2D eigenvalue weighted by atomic mass is 32.1. The molecule has 2 atom stereocenters. The number of aromatic nitrogens is 1. The number of piperidine rings is 1. The molecule has 0 spiro atoms. The van der Waals surface area contributed by atoms with Crippen molar-refractivity contribution in [2.45, 2.75) is 6.04 Å². The van der Waals surface area contributed by atoms with Gasteiger partial charge in [-0.05, 0) is 35.5 Å². The minimum Gasteiger partial charge on any atom is -0.372 e. The van der Waals surface area contributed by atoms with Crippen LogP contribution in [0.3, 0.4) is 0 Å². The summed E-state index contributed by atoms with van der Waals surface area (Å²) in [6.07, 6.45) is 0. The van der Waals surface area contributed by atoms with Gasteiger partial charge in [0.05, 0.1) is 5.52 Å². The Kier molecular flexibility index (Phi) is 1.78. The van der Waals surface area contributed by atoms with Crippen LogP contribution in [0.2, 0.25) is 0 Å². The van der Waals surface area contributed by atoms with Crippen molar-refractivity contribution in [2.24, 2.45) is 11.8 Å². The van der Waals surface area contributed by atoms with Gasteiger partial charge in [0.2, 0.25) is 0 Å². The Morgan fingerprint density at radius 1 is 1.25 bits per heavy atom. The smallest absolute Gasteiger partial charge is 0.117 e. The Balaban J connectivity index is 1.63. The number of benzene rings is 1. The third-order valence-electron chi connectivity index (χ3n) is 3.77. The van der Waals surface area contributed by atoms with Gasteiger partial charge >= 0.3 is 0 Å². The molecule has 1 saturated carbocycles. The van der Waals surface area contributed by atoms with Gasteiger partial charge in [-0.3, -0.25) is 0 Å². The summed E-state index contributed by atoms with van der Waals surface area (Å²) in [7, 11) is 0. The van der Waals surface area contributed by atoms with E-state index in [0.717, 1.165) is 17.4 Å². The van der Waals surface area contributed by atoms with Crippen molar-refractivity contribution in [1.82, 2.24) is 9.69 Å². The standard InChI is InChI=1S/C12H13N3S/c1-2-4-10-7(3-1)12(16-15-10)14-11-8-5-13-6-9(8)11/h1-4,8-9,11,13-14H,5-6H2. The van der Waals surface area contributed by atoms with Crippen LogP contribution in [0.25, 0.3) is 10.9 Å². The number of nitrogens with zero attached hydrogens (tertiary/aromatic N) is 1. The highest BCUT2D eigenvalue weighted by Gasteiger charge is 2.53. The van der Waals surface area contributed by atoms with Crippen LogP contribution in [0.4, 0.5) is 5.00 Å². The molecule has 2 fully saturated rings. The summed E-state index contributed by atoms with van der Waals surface area (Å²) < 4.78 is 4.46. The molecule has 2 aromatic rings. The number of hydrogen-bond acceptors (Lipinski definition) is 4. The van der Waals surface area contributed by atoms with Crippen LogP contribution in [0.1, 0.15) is 0 Å². The van der Waals surface area contributed by atoms with Crippen LogP contribution in [0.5, 0.6) is 0 Å². The van der Waals surface area contributed by atoms with Crippen LogP contribution >= 0.6 is 11.5 Å². The average molecular weight is 231 g/mol. The quantitative estimate of drug-likeness (QED) is 0.829. The second-order valence-electron chi connectivity index (χ2n) is 4.68. The van der Waals surface area contributed by atoms with Gasteiger partial charge in [-0.1, -0.05) is 12.1 Å². The molecule has 2 heterocycles. The summed E-state index contributed by atoms with van der Waals surface area (Å²) >= 11 is 1.59. The number of nitrogens with one attached hydrogen (secondary N) is 2. The molecule has 2 N–H and O–H groups in total. The van der Waals surface area contributed by atoms with E-state index in [1.165, 1.54) is 23.5 Å². The van der Waals surface area contributed by atoms with Gasteiger partial charge in [-0.25, -0.2) is 0 Å². The van der Waals surface area contributed by atoms with Crippen molar-refractivity contribution in [3.8, 4) is 0 Å². The van der Waals surface area contributed by atoms with E-state index in [0.29, 0.717) is 6.04 Å². The fourth-order valence-corrected chi connectivity index (χ4v) is 3.59. The zero-order valence-corrected chi connectivity index (χ0v) is 9.63. The molecule has 4 heteroatoms. The number of hydrogen-bond donors (Lipinski definition) is 2. The monoisotopic (exact) mass is 231 g/mol. The highest BCUT2D eigenvalue weighted by molar-refractivity contribution is 7.11. The van der Waals surface area contributed by atoms with Gasteiger partial charge in [-0.15, -0.1) is 0 Å². The van der Waals surface area contributed by atoms with E-state index < -0.39 is 0 Å². The van der Waals surface area contributed by atoms with Gasteiger partial charge in [-0.2, -0.15) is 4.37 Å². The first-order valence-electron chi connectivity index (χ1n) is 5.75. The van der Waals surface area contributed by atoms with Crippen molar-refractivity contribution in [1.29, 1.82) is 0 Å². The summed E-state index contributed by atoms with van der Waals surface area (Å²) in [6, 6.07) is 9.04. The van der Waals surface area contributed by atoms with Crippen LogP contribution in [0, 0.1) is 11.8 Å². The predicted molar refractivity (Wildman–Crippen MR) is 66.9 cm³/mol. The molecule has 4 rings (SSSR count). The SMILES string of the molecule is c1ccc2c(NC3C4CNCC43)snc2c1. The van der Waals surface area contributed by atoms with Crippen molar-refractivity contribution in [3.05, 3.63) is 24.3 Å². The van der Waals surface area contributed by atoms with Gasteiger partial charge in [0.1, 0.15) is 5.00 Å². The van der Waals surface area contributed by atoms with Gasteiger partial charge in [0.15, 0.2) is 0 Å². The molecule has 1 aliphatic heterocycles. The van der Waals surface area contributed by atoms with E-state index in [9.17, 15) is 0 Å². The van der Waals surface area contributed by atoms with E-state index >= 15 is 0 Å². The summed E-state index contributed by atoms with van der Waals surface area (Å²) in [5.74, 6) is 1.70. The van der Waals surface area contributed by atoms with Crippen molar-refractivity contribution in [3.63, 3.8) is 0 Å². The Labute approximate surface area is 98.0 Å². The summed E-state index contributed by atoms with van der Waals surface area (Å²) in [5.41, 5.74) is 1.11. The first kappa shape index (κ1) is 8.96. The van der Waals surface area contributed by atoms with E-state index in [2.05, 4.69) is 33.2 Å². The Morgan fingerprint density at radius 3 is 2.94 bits per heavy atom. The molecular weight excluding hydrogens is 218 g/mol. The fraction of sp³-hybridized carbons (Fsp3) is 0.417. The van der Waals surface area contributed by atoms with Gasteiger partial charge in [0.25, 0.3) is 0 Å². The minimum atomic E-state index is 0.685. The molecule has 1 aromatic heterocycles. The lowest BCUT2D eigenvalue weighted by atomic mass is 10.2. The lowest BCUT2D eigenvalue weighted by Crippen LogP contribution is -2.21. The maximum absolute atomic E-state index is 4.46. The third-order valence-corrected chi connectivity index (χ3v) is 4.58. The Bertz CT molecular complexity index is 526. The lowest BCUT2D eigenvalue weighted by Gasteiger charge is -2.06. The molecule has 0 radical (unpaired) electrons. The van der Waals surface area contributed by atoms with E-state index in [4.69, 9.17) is 0 Å². The van der Waals surface area contributed by atoms with E-state index in [1.54, 1.807) is 11.5 Å². The van der Waals surface area contributed by atoms with Crippen LogP contribution in [-0.4, -0.2) is 23.5 Å². The first-order valence-corrected chi connectivity index (χ1v) is 6.52. The maximum Gasteiger partial charge on any atom is 0.117 e. The minimum absolute atomic E-state index is 0.685. The van der Waals surface area contributed by atoms with Crippen molar-refractivity contribution in [2.75, 3.05) is 18.4 Å². The Morgan fingerprint density at radius 2 is 2.06 bits per heavy atom. The highest BCUT2D eigenvalue weighted by Crippen LogP contribution is 2.45. The normalized spacial score (nSPS) is 31.6. The number of rotatable bonds is 2. The molecule has 3 nitrogen and oxygen atoms in total. The number of fused-ring (bicyclic) bond motifs is 2. The molecule has 16 heavy (non-hydrogen) atoms. The summed E-state index contributed by atoms with van der Waals surface area (Å²) in [4.78, 5) is 0. The van der Waals surface area contributed by atoms with Crippen molar-refractivity contribution < 1.29 is 0 Å². The molecule has 82 valence electrons. The van der Waals surface area contributed by atoms with Gasteiger partial charge < -0.3 is 10.6 Å². The molecular formula is C12H13N3S. The van der Waals surface area contributed by atoms with E-state index in [1.807, 2.05) is 6.07 Å². The second kappa shape index (κ2) is 3.18. The largest absolute Gasteiger partial charge is 0.372 e. The summed E-state index contributed by atoms with van der Waals surface area (Å²) in [6.45, 7) is 2.36. The molecule has 2 unspecified atom stereocenters. The summed E-state index contributed by atoms with van der Waals surface area (Å²) in [5, 5.41) is 9.59. The molecule has 0 bridgehead atoms. The zero-order valence-electron chi connectivity index (χ0n) is 8.81. The van der Waals surface area contributed by atoms with Crippen molar-refractivity contribution >= 4 is 27.4 Å². The molecule has 1 aromatic carbocycles. The lowest BCUT2D eigenvalue weighted by molar-refractivity contribution is 0.698. The first-order chi connectivity index (χ1) is 7.93. The number of anilines is 1. The van der Waals surface area contributed by atoms with Crippen LogP contribution < -0.4 is 10.6 Å². The van der Waals surface area contributed by atoms with Crippen LogP contribution in [0.15, 0.2) is 24.3 Å². The maximum atomic E-state index is 4.46. The predicted octanol–water partition coefficient (Wildman–Crippen LogP) is 1.93. The molecule has 2 aliphatic rings. The second-order valence-corrected chi connectivity index (χ2v) is 5.46. The molecule has 1 saturated heterocycles. The molecule has 1 aliphatic carbocycles. The molecule has 0 amide bonds. The van der Waals surface area contributed by atoms with Gasteiger partial charge in [0, 0.05) is 24.5 Å². The third kappa shape index (κ3) is 1.20. The van der Waals surface area contributed by atoms with E-state index in [-0.39, 0.29) is 0 Å². The topological polar surface area (TPSA) is 37.0 Å².